The zero-order valence-corrected chi connectivity index (χ0v) is 5.72. The molecule has 0 heterocycles. The van der Waals surface area contributed by atoms with Crippen molar-refractivity contribution in [1.29, 1.82) is 0 Å². The van der Waals surface area contributed by atoms with Crippen molar-refractivity contribution >= 4 is 0 Å². The van der Waals surface area contributed by atoms with Crippen LogP contribution in [0.2, 0.25) is 0 Å². The Balaban J connectivity index is 2.41. The van der Waals surface area contributed by atoms with Gasteiger partial charge in [-0.15, -0.1) is 12.3 Å². The van der Waals surface area contributed by atoms with Crippen LogP contribution >= 0.6 is 0 Å². The van der Waals surface area contributed by atoms with E-state index < -0.39 is 5.60 Å². The van der Waals surface area contributed by atoms with Gasteiger partial charge in [-0.05, 0) is 25.7 Å². The second-order valence-electron chi connectivity index (χ2n) is 3.01. The van der Waals surface area contributed by atoms with Crippen LogP contribution in [-0.4, -0.2) is 10.7 Å². The summed E-state index contributed by atoms with van der Waals surface area (Å²) in [6.07, 6.45) is 7.86. The molecule has 1 heteroatoms. The molecule has 0 bridgehead atoms. The molecule has 0 radical (unpaired) electrons. The summed E-state index contributed by atoms with van der Waals surface area (Å²) in [5, 5.41) is 9.51. The third kappa shape index (κ3) is 1.46. The first-order valence-electron chi connectivity index (χ1n) is 3.32. The summed E-state index contributed by atoms with van der Waals surface area (Å²) in [6, 6.07) is 0. The summed E-state index contributed by atoms with van der Waals surface area (Å²) in [5.74, 6) is 2.96. The molecule has 0 saturated heterocycles. The van der Waals surface area contributed by atoms with E-state index in [2.05, 4.69) is 5.92 Å². The van der Waals surface area contributed by atoms with Crippen molar-refractivity contribution in [2.75, 3.05) is 0 Å². The largest absolute Gasteiger partial charge is 0.389 e. The maximum absolute atomic E-state index is 9.51. The van der Waals surface area contributed by atoms with E-state index in [0.29, 0.717) is 12.3 Å². The first-order valence-corrected chi connectivity index (χ1v) is 3.32. The van der Waals surface area contributed by atoms with Gasteiger partial charge in [0, 0.05) is 6.42 Å². The lowest BCUT2D eigenvalue weighted by Gasteiger charge is -2.18. The minimum atomic E-state index is -0.575. The SMILES string of the molecule is C#CC[C@@](C)(O)C1CC1. The number of rotatable bonds is 2. The molecule has 0 aromatic rings. The number of aliphatic hydroxyl groups is 1. The number of hydrogen-bond acceptors (Lipinski definition) is 1. The fourth-order valence-electron chi connectivity index (χ4n) is 1.06. The summed E-state index contributed by atoms with van der Waals surface area (Å²) in [5.41, 5.74) is -0.575. The molecular weight excluding hydrogens is 112 g/mol. The Kier molecular flexibility index (Phi) is 1.50. The van der Waals surface area contributed by atoms with Gasteiger partial charge in [0.25, 0.3) is 0 Å². The Labute approximate surface area is 56.1 Å². The molecular formula is C8H12O. The van der Waals surface area contributed by atoms with Crippen molar-refractivity contribution in [3.63, 3.8) is 0 Å². The van der Waals surface area contributed by atoms with Crippen molar-refractivity contribution in [3.05, 3.63) is 0 Å². The fourth-order valence-corrected chi connectivity index (χ4v) is 1.06. The standard InChI is InChI=1S/C8H12O/c1-3-6-8(2,9)7-4-5-7/h1,7,9H,4-6H2,2H3/t8-/m1/s1. The molecule has 1 atom stereocenters. The highest BCUT2D eigenvalue weighted by atomic mass is 16.3. The van der Waals surface area contributed by atoms with E-state index in [1.165, 1.54) is 0 Å². The van der Waals surface area contributed by atoms with Gasteiger partial charge in [0.05, 0.1) is 5.60 Å². The lowest BCUT2D eigenvalue weighted by atomic mass is 9.97. The highest BCUT2D eigenvalue weighted by Gasteiger charge is 2.38. The van der Waals surface area contributed by atoms with Gasteiger partial charge in [0.1, 0.15) is 0 Å². The third-order valence-electron chi connectivity index (χ3n) is 1.92. The highest BCUT2D eigenvalue weighted by Crippen LogP contribution is 2.40. The quantitative estimate of drug-likeness (QED) is 0.548. The lowest BCUT2D eigenvalue weighted by Crippen LogP contribution is -2.25. The van der Waals surface area contributed by atoms with E-state index in [1.807, 2.05) is 6.92 Å². The molecule has 0 amide bonds. The molecule has 0 spiro atoms. The van der Waals surface area contributed by atoms with Gasteiger partial charge in [-0.25, -0.2) is 0 Å². The van der Waals surface area contributed by atoms with Gasteiger partial charge in [-0.1, -0.05) is 0 Å². The van der Waals surface area contributed by atoms with Gasteiger partial charge < -0.3 is 5.11 Å². The summed E-state index contributed by atoms with van der Waals surface area (Å²) in [6.45, 7) is 1.82. The van der Waals surface area contributed by atoms with E-state index in [-0.39, 0.29) is 0 Å². The van der Waals surface area contributed by atoms with Gasteiger partial charge in [-0.3, -0.25) is 0 Å². The van der Waals surface area contributed by atoms with Crippen LogP contribution in [0.3, 0.4) is 0 Å². The first kappa shape index (κ1) is 6.64. The molecule has 1 nitrogen and oxygen atoms in total. The number of terminal acetylenes is 1. The topological polar surface area (TPSA) is 20.2 Å². The molecule has 1 N–H and O–H groups in total. The van der Waals surface area contributed by atoms with Crippen LogP contribution in [0.15, 0.2) is 0 Å². The maximum Gasteiger partial charge on any atom is 0.0756 e. The minimum Gasteiger partial charge on any atom is -0.389 e. The van der Waals surface area contributed by atoms with Crippen LogP contribution in [-0.2, 0) is 0 Å². The molecule has 1 aliphatic carbocycles. The van der Waals surface area contributed by atoms with Crippen LogP contribution in [0.4, 0.5) is 0 Å². The average molecular weight is 124 g/mol. The average Bonchev–Trinajstić information content (AvgIpc) is 2.41. The Bertz CT molecular complexity index is 137. The van der Waals surface area contributed by atoms with E-state index in [4.69, 9.17) is 6.42 Å². The zero-order valence-electron chi connectivity index (χ0n) is 5.72. The zero-order chi connectivity index (χ0) is 6.91. The Morgan fingerprint density at radius 2 is 2.33 bits per heavy atom. The molecule has 50 valence electrons. The summed E-state index contributed by atoms with van der Waals surface area (Å²) in [7, 11) is 0. The molecule has 1 rings (SSSR count). The second kappa shape index (κ2) is 2.04. The lowest BCUT2D eigenvalue weighted by molar-refractivity contribution is 0.0421. The van der Waals surface area contributed by atoms with E-state index in [1.54, 1.807) is 0 Å². The van der Waals surface area contributed by atoms with Crippen molar-refractivity contribution in [3.8, 4) is 12.3 Å². The van der Waals surface area contributed by atoms with Gasteiger partial charge in [0.2, 0.25) is 0 Å². The smallest absolute Gasteiger partial charge is 0.0756 e. The Hall–Kier alpha value is -0.480. The van der Waals surface area contributed by atoms with E-state index in [9.17, 15) is 5.11 Å². The normalized spacial score (nSPS) is 24.6. The van der Waals surface area contributed by atoms with Crippen LogP contribution in [0.25, 0.3) is 0 Å². The minimum absolute atomic E-state index is 0.480. The molecule has 0 aromatic heterocycles. The van der Waals surface area contributed by atoms with Gasteiger partial charge in [0.15, 0.2) is 0 Å². The second-order valence-corrected chi connectivity index (χ2v) is 3.01. The first-order chi connectivity index (χ1) is 4.17. The molecule has 9 heavy (non-hydrogen) atoms. The third-order valence-corrected chi connectivity index (χ3v) is 1.92. The van der Waals surface area contributed by atoms with Crippen molar-refractivity contribution < 1.29 is 5.11 Å². The van der Waals surface area contributed by atoms with E-state index >= 15 is 0 Å². The van der Waals surface area contributed by atoms with Crippen LogP contribution < -0.4 is 0 Å². The number of hydrogen-bond donors (Lipinski definition) is 1. The molecule has 0 aliphatic heterocycles. The summed E-state index contributed by atoms with van der Waals surface area (Å²) in [4.78, 5) is 0. The highest BCUT2D eigenvalue weighted by molar-refractivity contribution is 5.00. The Morgan fingerprint density at radius 3 is 2.67 bits per heavy atom. The molecule has 1 aliphatic rings. The molecule has 1 saturated carbocycles. The van der Waals surface area contributed by atoms with Crippen molar-refractivity contribution in [1.82, 2.24) is 0 Å². The maximum atomic E-state index is 9.51. The van der Waals surface area contributed by atoms with Gasteiger partial charge in [-0.2, -0.15) is 0 Å². The van der Waals surface area contributed by atoms with Crippen molar-refractivity contribution in [2.24, 2.45) is 5.92 Å². The van der Waals surface area contributed by atoms with Crippen molar-refractivity contribution in [2.45, 2.75) is 31.8 Å². The predicted molar refractivity (Wildman–Crippen MR) is 36.8 cm³/mol. The molecule has 0 aromatic carbocycles. The van der Waals surface area contributed by atoms with Gasteiger partial charge >= 0.3 is 0 Å². The van der Waals surface area contributed by atoms with Crippen LogP contribution in [0, 0.1) is 18.3 Å². The monoisotopic (exact) mass is 124 g/mol. The summed E-state index contributed by atoms with van der Waals surface area (Å²) < 4.78 is 0. The predicted octanol–water partition coefficient (Wildman–Crippen LogP) is 1.17. The molecule has 0 unspecified atom stereocenters. The molecule has 1 fully saturated rings. The van der Waals surface area contributed by atoms with E-state index in [0.717, 1.165) is 12.8 Å². The van der Waals surface area contributed by atoms with Crippen LogP contribution in [0.1, 0.15) is 26.2 Å². The van der Waals surface area contributed by atoms with Crippen LogP contribution in [0.5, 0.6) is 0 Å². The Morgan fingerprint density at radius 1 is 1.78 bits per heavy atom. The summed E-state index contributed by atoms with van der Waals surface area (Å²) >= 11 is 0. The fraction of sp³-hybridized carbons (Fsp3) is 0.750.